The quantitative estimate of drug-likeness (QED) is 0.671. The molecule has 0 fully saturated rings. The largest absolute Gasteiger partial charge is 0.454 e. The van der Waals surface area contributed by atoms with Crippen LogP contribution in [-0.4, -0.2) is 29.2 Å². The summed E-state index contributed by atoms with van der Waals surface area (Å²) < 4.78 is 12.0. The molecule has 0 aliphatic carbocycles. The maximum absolute atomic E-state index is 5.08. The van der Waals surface area contributed by atoms with Crippen LogP contribution in [0.4, 0.5) is 0 Å². The molecule has 1 aromatic carbocycles. The molecule has 3 rings (SSSR count). The van der Waals surface area contributed by atoms with Crippen molar-refractivity contribution in [2.24, 2.45) is 0 Å². The van der Waals surface area contributed by atoms with E-state index in [9.17, 15) is 0 Å². The van der Waals surface area contributed by atoms with Gasteiger partial charge in [0.2, 0.25) is 0 Å². The Morgan fingerprint density at radius 3 is 2.20 bits per heavy atom. The van der Waals surface area contributed by atoms with Gasteiger partial charge in [-0.25, -0.2) is 0 Å². The molecule has 6 heteroatoms. The number of nitrogens with zero attached hydrogens (tertiary/aromatic N) is 4. The van der Waals surface area contributed by atoms with Crippen molar-refractivity contribution in [2.45, 2.75) is 0 Å². The van der Waals surface area contributed by atoms with Gasteiger partial charge in [0.05, 0.1) is 20.4 Å². The highest BCUT2D eigenvalue weighted by molar-refractivity contribution is 5.75. The summed E-state index contributed by atoms with van der Waals surface area (Å²) >= 11 is 0. The van der Waals surface area contributed by atoms with Gasteiger partial charge < -0.3 is 9.47 Å². The average molecular weight is 269 g/mol. The first-order valence-corrected chi connectivity index (χ1v) is 6.05. The van der Waals surface area contributed by atoms with E-state index in [1.165, 1.54) is 14.2 Å². The second-order valence-corrected chi connectivity index (χ2v) is 4.05. The Kier molecular flexibility index (Phi) is 3.12. The van der Waals surface area contributed by atoms with E-state index in [1.807, 2.05) is 47.2 Å². The first-order valence-electron chi connectivity index (χ1n) is 6.05. The summed E-state index contributed by atoms with van der Waals surface area (Å²) in [4.78, 5) is 12.5. The molecule has 0 atom stereocenters. The second kappa shape index (κ2) is 5.08. The van der Waals surface area contributed by atoms with Gasteiger partial charge in [0, 0.05) is 5.39 Å². The Balaban J connectivity index is 2.25. The zero-order chi connectivity index (χ0) is 13.9. The lowest BCUT2D eigenvalue weighted by molar-refractivity contribution is -0.575. The van der Waals surface area contributed by atoms with Crippen LogP contribution in [-0.2, 0) is 0 Å². The molecular formula is C14H13N4O2+. The molecule has 0 saturated heterocycles. The predicted molar refractivity (Wildman–Crippen MR) is 72.0 cm³/mol. The second-order valence-electron chi connectivity index (χ2n) is 4.05. The van der Waals surface area contributed by atoms with E-state index in [0.29, 0.717) is 5.95 Å². The molecule has 0 aliphatic heterocycles. The third kappa shape index (κ3) is 2.11. The number of rotatable bonds is 3. The SMILES string of the molecule is COc1nc(OC)nc(-[n+]2cccc3ccccc32)n1. The van der Waals surface area contributed by atoms with Crippen LogP contribution in [0.2, 0.25) is 0 Å². The monoisotopic (exact) mass is 269 g/mol. The summed E-state index contributed by atoms with van der Waals surface area (Å²) in [7, 11) is 3.01. The van der Waals surface area contributed by atoms with Crippen molar-refractivity contribution in [3.05, 3.63) is 42.6 Å². The minimum atomic E-state index is 0.215. The standard InChI is InChI=1S/C14H13N4O2/c1-19-13-15-12(16-14(17-13)20-2)18-9-5-7-10-6-3-4-8-11(10)18/h3-9H,1-2H3/q+1. The van der Waals surface area contributed by atoms with Crippen LogP contribution < -0.4 is 14.0 Å². The Hall–Kier alpha value is -2.76. The third-order valence-corrected chi connectivity index (χ3v) is 2.87. The van der Waals surface area contributed by atoms with Crippen LogP contribution in [0, 0.1) is 0 Å². The van der Waals surface area contributed by atoms with E-state index in [-0.39, 0.29) is 12.0 Å². The molecule has 6 nitrogen and oxygen atoms in total. The van der Waals surface area contributed by atoms with Gasteiger partial charge in [-0.1, -0.05) is 18.2 Å². The predicted octanol–water partition coefficient (Wildman–Crippen LogP) is 1.32. The van der Waals surface area contributed by atoms with E-state index >= 15 is 0 Å². The number of pyridine rings is 1. The topological polar surface area (TPSA) is 61.0 Å². The minimum Gasteiger partial charge on any atom is -0.454 e. The molecule has 0 bridgehead atoms. The fourth-order valence-corrected chi connectivity index (χ4v) is 1.95. The molecule has 0 aliphatic rings. The van der Waals surface area contributed by atoms with Crippen LogP contribution in [0.5, 0.6) is 12.0 Å². The van der Waals surface area contributed by atoms with Crippen LogP contribution in [0.15, 0.2) is 42.6 Å². The molecule has 20 heavy (non-hydrogen) atoms. The van der Waals surface area contributed by atoms with Crippen LogP contribution in [0.25, 0.3) is 16.9 Å². The fraction of sp³-hybridized carbons (Fsp3) is 0.143. The van der Waals surface area contributed by atoms with Gasteiger partial charge in [-0.2, -0.15) is 4.57 Å². The summed E-state index contributed by atoms with van der Waals surface area (Å²) in [6.07, 6.45) is 1.89. The van der Waals surface area contributed by atoms with E-state index in [2.05, 4.69) is 15.0 Å². The molecule has 0 radical (unpaired) electrons. The first kappa shape index (κ1) is 12.3. The number of hydrogen-bond acceptors (Lipinski definition) is 5. The summed E-state index contributed by atoms with van der Waals surface area (Å²) in [6, 6.07) is 12.4. The van der Waals surface area contributed by atoms with Crippen molar-refractivity contribution >= 4 is 10.9 Å². The highest BCUT2D eigenvalue weighted by Crippen LogP contribution is 2.12. The van der Waals surface area contributed by atoms with Crippen molar-refractivity contribution in [3.8, 4) is 18.0 Å². The molecule has 0 spiro atoms. The van der Waals surface area contributed by atoms with E-state index in [0.717, 1.165) is 10.9 Å². The van der Waals surface area contributed by atoms with Crippen molar-refractivity contribution < 1.29 is 14.0 Å². The maximum Gasteiger partial charge on any atom is 0.447 e. The van der Waals surface area contributed by atoms with Crippen molar-refractivity contribution in [2.75, 3.05) is 14.2 Å². The fourth-order valence-electron chi connectivity index (χ4n) is 1.95. The number of fused-ring (bicyclic) bond motifs is 1. The van der Waals surface area contributed by atoms with Gasteiger partial charge in [-0.15, -0.1) is 4.98 Å². The van der Waals surface area contributed by atoms with Gasteiger partial charge in [0.15, 0.2) is 0 Å². The molecular weight excluding hydrogens is 256 g/mol. The summed E-state index contributed by atoms with van der Waals surface area (Å²) in [5.41, 5.74) is 0.991. The number of ether oxygens (including phenoxy) is 2. The number of methoxy groups -OCH3 is 2. The number of benzene rings is 1. The Bertz CT molecular complexity index is 734. The number of para-hydroxylation sites is 1. The Morgan fingerprint density at radius 2 is 1.50 bits per heavy atom. The highest BCUT2D eigenvalue weighted by Gasteiger charge is 2.20. The van der Waals surface area contributed by atoms with E-state index in [4.69, 9.17) is 9.47 Å². The molecule has 0 N–H and O–H groups in total. The zero-order valence-electron chi connectivity index (χ0n) is 11.1. The summed E-state index contributed by atoms with van der Waals surface area (Å²) in [5.74, 6) is 0.450. The highest BCUT2D eigenvalue weighted by atomic mass is 16.5. The lowest BCUT2D eigenvalue weighted by atomic mass is 10.2. The molecule has 2 heterocycles. The van der Waals surface area contributed by atoms with Gasteiger partial charge >= 0.3 is 18.0 Å². The minimum absolute atomic E-state index is 0.215. The average Bonchev–Trinajstić information content (AvgIpc) is 2.53. The third-order valence-electron chi connectivity index (χ3n) is 2.87. The molecule has 2 aromatic heterocycles. The van der Waals surface area contributed by atoms with Crippen molar-refractivity contribution in [1.82, 2.24) is 15.0 Å². The van der Waals surface area contributed by atoms with Crippen LogP contribution in [0.3, 0.4) is 0 Å². The maximum atomic E-state index is 5.08. The van der Waals surface area contributed by atoms with Crippen LogP contribution in [0.1, 0.15) is 0 Å². The molecule has 0 saturated carbocycles. The van der Waals surface area contributed by atoms with Crippen molar-refractivity contribution in [3.63, 3.8) is 0 Å². The normalized spacial score (nSPS) is 10.5. The van der Waals surface area contributed by atoms with Crippen molar-refractivity contribution in [1.29, 1.82) is 0 Å². The first-order chi connectivity index (χ1) is 9.81. The lowest BCUT2D eigenvalue weighted by Crippen LogP contribution is -2.34. The van der Waals surface area contributed by atoms with E-state index in [1.54, 1.807) is 0 Å². The molecule has 100 valence electrons. The molecule has 0 unspecified atom stereocenters. The van der Waals surface area contributed by atoms with Gasteiger partial charge in [0.25, 0.3) is 0 Å². The zero-order valence-corrected chi connectivity index (χ0v) is 11.1. The van der Waals surface area contributed by atoms with Gasteiger partial charge in [0.1, 0.15) is 5.52 Å². The number of aromatic nitrogens is 4. The van der Waals surface area contributed by atoms with Gasteiger partial charge in [-0.3, -0.25) is 0 Å². The summed E-state index contributed by atoms with van der Waals surface area (Å²) in [5, 5.41) is 1.09. The summed E-state index contributed by atoms with van der Waals surface area (Å²) in [6.45, 7) is 0. The van der Waals surface area contributed by atoms with E-state index < -0.39 is 0 Å². The van der Waals surface area contributed by atoms with Crippen LogP contribution >= 0.6 is 0 Å². The number of hydrogen-bond donors (Lipinski definition) is 0. The Morgan fingerprint density at radius 1 is 0.850 bits per heavy atom. The smallest absolute Gasteiger partial charge is 0.447 e. The lowest BCUT2D eigenvalue weighted by Gasteiger charge is -2.03. The molecule has 0 amide bonds. The van der Waals surface area contributed by atoms with Gasteiger partial charge in [-0.05, 0) is 28.2 Å². The molecule has 3 aromatic rings. The Labute approximate surface area is 115 Å².